The van der Waals surface area contributed by atoms with Crippen molar-refractivity contribution in [2.75, 3.05) is 7.11 Å². The molecule has 110 valence electrons. The number of ether oxygens (including phenoxy) is 1. The third-order valence-corrected chi connectivity index (χ3v) is 5.14. The minimum absolute atomic E-state index is 0.0227. The molecule has 20 heavy (non-hydrogen) atoms. The topological polar surface area (TPSA) is 55.4 Å². The number of nitrogens with one attached hydrogen (secondary N) is 1. The van der Waals surface area contributed by atoms with Crippen LogP contribution >= 0.6 is 11.6 Å². The Hall–Kier alpha value is -1.22. The maximum absolute atomic E-state index is 12.5. The maximum Gasteiger partial charge on any atom is 0.245 e. The highest BCUT2D eigenvalue weighted by Crippen LogP contribution is 2.30. The average Bonchev–Trinajstić information content (AvgIpc) is 2.40. The Morgan fingerprint density at radius 1 is 1.50 bits per heavy atom. The van der Waals surface area contributed by atoms with Crippen LogP contribution in [0.3, 0.4) is 0 Å². The van der Waals surface area contributed by atoms with E-state index in [0.29, 0.717) is 11.4 Å². The second kappa shape index (κ2) is 6.04. The normalized spacial score (nSPS) is 14.4. The van der Waals surface area contributed by atoms with E-state index in [-0.39, 0.29) is 10.6 Å². The Morgan fingerprint density at radius 2 is 2.10 bits per heavy atom. The van der Waals surface area contributed by atoms with Crippen LogP contribution in [-0.2, 0) is 10.0 Å². The van der Waals surface area contributed by atoms with Crippen LogP contribution in [0.4, 0.5) is 0 Å². The first kappa shape index (κ1) is 16.8. The van der Waals surface area contributed by atoms with Crippen LogP contribution in [0.5, 0.6) is 5.75 Å². The first-order valence-corrected chi connectivity index (χ1v) is 7.91. The Kier molecular flexibility index (Phi) is 5.09. The molecule has 6 heteroatoms. The van der Waals surface area contributed by atoms with Gasteiger partial charge in [0.25, 0.3) is 0 Å². The van der Waals surface area contributed by atoms with Gasteiger partial charge in [0.05, 0.1) is 12.6 Å². The van der Waals surface area contributed by atoms with E-state index >= 15 is 0 Å². The number of terminal acetylenes is 1. The Balaban J connectivity index is 3.37. The number of sulfonamides is 1. The van der Waals surface area contributed by atoms with Gasteiger partial charge < -0.3 is 4.74 Å². The Labute approximate surface area is 125 Å². The Morgan fingerprint density at radius 3 is 2.55 bits per heavy atom. The van der Waals surface area contributed by atoms with Crippen molar-refractivity contribution >= 4 is 21.6 Å². The number of benzene rings is 1. The van der Waals surface area contributed by atoms with Gasteiger partial charge in [0, 0.05) is 5.02 Å². The van der Waals surface area contributed by atoms with Crippen molar-refractivity contribution in [2.24, 2.45) is 0 Å². The summed E-state index contributed by atoms with van der Waals surface area (Å²) in [5.74, 6) is 2.68. The second-order valence-electron chi connectivity index (χ2n) is 4.69. The van der Waals surface area contributed by atoms with E-state index in [4.69, 9.17) is 22.8 Å². The zero-order valence-electron chi connectivity index (χ0n) is 12.0. The molecule has 4 nitrogen and oxygen atoms in total. The molecule has 0 aliphatic carbocycles. The highest BCUT2D eigenvalue weighted by Gasteiger charge is 2.29. The number of aryl methyl sites for hydroxylation is 1. The second-order valence-corrected chi connectivity index (χ2v) is 6.75. The number of hydrogen-bond acceptors (Lipinski definition) is 3. The molecule has 1 N–H and O–H groups in total. The average molecular weight is 316 g/mol. The molecule has 1 rings (SSSR count). The molecule has 1 atom stereocenters. The van der Waals surface area contributed by atoms with Crippen molar-refractivity contribution in [1.82, 2.24) is 4.72 Å². The minimum Gasteiger partial charge on any atom is -0.495 e. The largest absolute Gasteiger partial charge is 0.495 e. The van der Waals surface area contributed by atoms with E-state index in [0.717, 1.165) is 5.56 Å². The van der Waals surface area contributed by atoms with Gasteiger partial charge in [0.15, 0.2) is 0 Å². The molecule has 1 aromatic carbocycles. The fourth-order valence-electron chi connectivity index (χ4n) is 1.56. The van der Waals surface area contributed by atoms with Crippen molar-refractivity contribution in [3.8, 4) is 18.1 Å². The van der Waals surface area contributed by atoms with E-state index in [1.165, 1.54) is 13.2 Å². The van der Waals surface area contributed by atoms with E-state index < -0.39 is 15.6 Å². The predicted molar refractivity (Wildman–Crippen MR) is 80.6 cm³/mol. The first-order valence-electron chi connectivity index (χ1n) is 6.05. The highest BCUT2D eigenvalue weighted by atomic mass is 35.5. The molecule has 0 heterocycles. The lowest BCUT2D eigenvalue weighted by molar-refractivity contribution is 0.401. The lowest BCUT2D eigenvalue weighted by atomic mass is 10.0. The van der Waals surface area contributed by atoms with Crippen LogP contribution < -0.4 is 9.46 Å². The van der Waals surface area contributed by atoms with Gasteiger partial charge >= 0.3 is 0 Å². The quantitative estimate of drug-likeness (QED) is 0.850. The van der Waals surface area contributed by atoms with Crippen molar-refractivity contribution in [2.45, 2.75) is 37.6 Å². The summed E-state index contributed by atoms with van der Waals surface area (Å²) in [6, 6.07) is 2.95. The van der Waals surface area contributed by atoms with E-state index in [9.17, 15) is 8.42 Å². The standard InChI is InChI=1S/C14H18ClNO3S/c1-6-14(4,7-2)16-20(17,18)13-9-11(15)10(3)8-12(13)19-5/h1,8-9,16H,7H2,2-5H3. The molecule has 1 unspecified atom stereocenters. The summed E-state index contributed by atoms with van der Waals surface area (Å²) < 4.78 is 32.6. The zero-order chi connectivity index (χ0) is 15.6. The fourth-order valence-corrected chi connectivity index (χ4v) is 3.38. The Bertz CT molecular complexity index is 649. The number of methoxy groups -OCH3 is 1. The van der Waals surface area contributed by atoms with Gasteiger partial charge in [-0.25, -0.2) is 8.42 Å². The van der Waals surface area contributed by atoms with Gasteiger partial charge in [-0.2, -0.15) is 4.72 Å². The summed E-state index contributed by atoms with van der Waals surface area (Å²) in [5.41, 5.74) is -0.223. The molecule has 1 aromatic rings. The molecule has 0 radical (unpaired) electrons. The summed E-state index contributed by atoms with van der Waals surface area (Å²) in [7, 11) is -2.42. The molecule has 0 aliphatic heterocycles. The smallest absolute Gasteiger partial charge is 0.245 e. The van der Waals surface area contributed by atoms with Crippen LogP contribution in [0.2, 0.25) is 5.02 Å². The number of hydrogen-bond donors (Lipinski definition) is 1. The highest BCUT2D eigenvalue weighted by molar-refractivity contribution is 7.89. The lowest BCUT2D eigenvalue weighted by Gasteiger charge is -2.24. The summed E-state index contributed by atoms with van der Waals surface area (Å²) >= 11 is 6.00. The van der Waals surface area contributed by atoms with Gasteiger partial charge in [-0.05, 0) is 38.0 Å². The molecular formula is C14H18ClNO3S. The SMILES string of the molecule is C#CC(C)(CC)NS(=O)(=O)c1cc(Cl)c(C)cc1OC. The molecular weight excluding hydrogens is 298 g/mol. The molecule has 0 amide bonds. The third-order valence-electron chi connectivity index (χ3n) is 3.12. The maximum atomic E-state index is 12.5. The fraction of sp³-hybridized carbons (Fsp3) is 0.429. The van der Waals surface area contributed by atoms with Crippen molar-refractivity contribution < 1.29 is 13.2 Å². The molecule has 0 aliphatic rings. The summed E-state index contributed by atoms with van der Waals surface area (Å²) in [6.07, 6.45) is 5.86. The molecule has 0 aromatic heterocycles. The monoisotopic (exact) mass is 315 g/mol. The van der Waals surface area contributed by atoms with Crippen molar-refractivity contribution in [3.05, 3.63) is 22.7 Å². The summed E-state index contributed by atoms with van der Waals surface area (Å²) in [4.78, 5) is -0.0227. The number of rotatable bonds is 5. The van der Waals surface area contributed by atoms with Crippen molar-refractivity contribution in [1.29, 1.82) is 0 Å². The van der Waals surface area contributed by atoms with Crippen LogP contribution in [-0.4, -0.2) is 21.1 Å². The van der Waals surface area contributed by atoms with Gasteiger partial charge in [-0.3, -0.25) is 0 Å². The van der Waals surface area contributed by atoms with Crippen LogP contribution in [0.1, 0.15) is 25.8 Å². The van der Waals surface area contributed by atoms with Gasteiger partial charge in [0.1, 0.15) is 10.6 Å². The molecule has 0 saturated heterocycles. The van der Waals surface area contributed by atoms with E-state index in [1.54, 1.807) is 19.9 Å². The molecule has 0 saturated carbocycles. The summed E-state index contributed by atoms with van der Waals surface area (Å²) in [5, 5.41) is 0.352. The van der Waals surface area contributed by atoms with E-state index in [2.05, 4.69) is 10.6 Å². The van der Waals surface area contributed by atoms with Crippen LogP contribution in [0, 0.1) is 19.3 Å². The zero-order valence-corrected chi connectivity index (χ0v) is 13.5. The van der Waals surface area contributed by atoms with Crippen LogP contribution in [0.25, 0.3) is 0 Å². The molecule has 0 spiro atoms. The van der Waals surface area contributed by atoms with Gasteiger partial charge in [0.2, 0.25) is 10.0 Å². The van der Waals surface area contributed by atoms with Gasteiger partial charge in [-0.1, -0.05) is 24.4 Å². The van der Waals surface area contributed by atoms with Gasteiger partial charge in [-0.15, -0.1) is 6.42 Å². The molecule has 0 fully saturated rings. The summed E-state index contributed by atoms with van der Waals surface area (Å²) in [6.45, 7) is 5.22. The first-order chi connectivity index (χ1) is 9.19. The minimum atomic E-state index is -3.83. The van der Waals surface area contributed by atoms with E-state index in [1.807, 2.05) is 6.92 Å². The van der Waals surface area contributed by atoms with Crippen molar-refractivity contribution in [3.63, 3.8) is 0 Å². The van der Waals surface area contributed by atoms with Crippen LogP contribution in [0.15, 0.2) is 17.0 Å². The molecule has 0 bridgehead atoms. The predicted octanol–water partition coefficient (Wildman–Crippen LogP) is 2.74. The lowest BCUT2D eigenvalue weighted by Crippen LogP contribution is -2.44. The third kappa shape index (κ3) is 3.45. The number of halogens is 1.